The number of hydrogen-bond donors (Lipinski definition) is 2. The lowest BCUT2D eigenvalue weighted by atomic mass is 10.2. The van der Waals surface area contributed by atoms with Crippen LogP contribution in [0.2, 0.25) is 0 Å². The number of carbonyl (C=O) groups excluding carboxylic acids is 1. The maximum Gasteiger partial charge on any atom is 0.243 e. The maximum atomic E-state index is 11.6. The van der Waals surface area contributed by atoms with E-state index in [1.54, 1.807) is 25.4 Å². The van der Waals surface area contributed by atoms with E-state index in [1.807, 2.05) is 42.6 Å². The molecule has 0 saturated carbocycles. The summed E-state index contributed by atoms with van der Waals surface area (Å²) in [6.07, 6.45) is 0. The maximum absolute atomic E-state index is 11.6. The number of nitrogens with one attached hydrogen (secondary N) is 2. The lowest BCUT2D eigenvalue weighted by Crippen LogP contribution is -2.38. The zero-order chi connectivity index (χ0) is 17.4. The number of rotatable bonds is 6. The largest absolute Gasteiger partial charge is 0.357 e. The summed E-state index contributed by atoms with van der Waals surface area (Å²) < 4.78 is 0. The Morgan fingerprint density at radius 2 is 2.00 bits per heavy atom. The molecule has 2 rings (SSSR count). The molecule has 2 aromatic rings. The van der Waals surface area contributed by atoms with Crippen LogP contribution in [-0.4, -0.2) is 48.9 Å². The Morgan fingerprint density at radius 3 is 2.67 bits per heavy atom. The number of aromatic nitrogens is 1. The zero-order valence-electron chi connectivity index (χ0n) is 14.2. The molecule has 1 aromatic heterocycles. The van der Waals surface area contributed by atoms with E-state index in [-0.39, 0.29) is 12.5 Å². The van der Waals surface area contributed by atoms with Gasteiger partial charge in [-0.25, -0.2) is 9.98 Å². The Morgan fingerprint density at radius 1 is 1.25 bits per heavy atom. The molecular formula is C17H23N5OS. The summed E-state index contributed by atoms with van der Waals surface area (Å²) in [5.41, 5.74) is 2.08. The average molecular weight is 345 g/mol. The SMILES string of the molecule is CCNC(=NCC(=O)N(C)C)NCc1nc(-c2ccccc2)cs1. The lowest BCUT2D eigenvalue weighted by Gasteiger charge is -2.11. The third-order valence-corrected chi connectivity index (χ3v) is 4.09. The van der Waals surface area contributed by atoms with Gasteiger partial charge in [0.05, 0.1) is 12.2 Å². The molecule has 0 aliphatic heterocycles. The van der Waals surface area contributed by atoms with E-state index in [2.05, 4.69) is 20.6 Å². The minimum absolute atomic E-state index is 0.0344. The van der Waals surface area contributed by atoms with Crippen molar-refractivity contribution in [1.29, 1.82) is 0 Å². The molecule has 0 unspecified atom stereocenters. The summed E-state index contributed by atoms with van der Waals surface area (Å²) in [6, 6.07) is 10.1. The molecule has 0 fully saturated rings. The molecule has 0 radical (unpaired) electrons. The van der Waals surface area contributed by atoms with Crippen molar-refractivity contribution < 1.29 is 4.79 Å². The molecule has 0 atom stereocenters. The van der Waals surface area contributed by atoms with Gasteiger partial charge >= 0.3 is 0 Å². The smallest absolute Gasteiger partial charge is 0.243 e. The Labute approximate surface area is 146 Å². The third-order valence-electron chi connectivity index (χ3n) is 3.24. The second kappa shape index (κ2) is 9.02. The summed E-state index contributed by atoms with van der Waals surface area (Å²) in [5.74, 6) is 0.581. The fourth-order valence-corrected chi connectivity index (χ4v) is 2.67. The second-order valence-corrected chi connectivity index (χ2v) is 6.27. The highest BCUT2D eigenvalue weighted by molar-refractivity contribution is 7.09. The summed E-state index contributed by atoms with van der Waals surface area (Å²) in [5, 5.41) is 9.36. The van der Waals surface area contributed by atoms with Crippen molar-refractivity contribution in [3.63, 3.8) is 0 Å². The number of amides is 1. The number of guanidine groups is 1. The minimum Gasteiger partial charge on any atom is -0.357 e. The predicted octanol–water partition coefficient (Wildman–Crippen LogP) is 1.95. The molecule has 0 aliphatic rings. The van der Waals surface area contributed by atoms with Crippen molar-refractivity contribution in [1.82, 2.24) is 20.5 Å². The van der Waals surface area contributed by atoms with Crippen molar-refractivity contribution in [3.8, 4) is 11.3 Å². The predicted molar refractivity (Wildman–Crippen MR) is 99.1 cm³/mol. The highest BCUT2D eigenvalue weighted by Crippen LogP contribution is 2.21. The number of thiazole rings is 1. The van der Waals surface area contributed by atoms with E-state index in [4.69, 9.17) is 0 Å². The average Bonchev–Trinajstić information content (AvgIpc) is 3.06. The van der Waals surface area contributed by atoms with Crippen LogP contribution in [0, 0.1) is 0 Å². The van der Waals surface area contributed by atoms with Crippen molar-refractivity contribution in [3.05, 3.63) is 40.7 Å². The van der Waals surface area contributed by atoms with Crippen LogP contribution < -0.4 is 10.6 Å². The number of aliphatic imine (C=N–C) groups is 1. The van der Waals surface area contributed by atoms with Gasteiger partial charge in [-0.05, 0) is 6.92 Å². The van der Waals surface area contributed by atoms with Crippen LogP contribution in [0.15, 0.2) is 40.7 Å². The second-order valence-electron chi connectivity index (χ2n) is 5.33. The number of hydrogen-bond acceptors (Lipinski definition) is 4. The molecule has 0 saturated heterocycles. The number of benzene rings is 1. The fraction of sp³-hybridized carbons (Fsp3) is 0.353. The summed E-state index contributed by atoms with van der Waals surface area (Å²) >= 11 is 1.60. The van der Waals surface area contributed by atoms with Gasteiger partial charge in [0, 0.05) is 31.6 Å². The Bertz CT molecular complexity index is 681. The van der Waals surface area contributed by atoms with Crippen LogP contribution in [0.25, 0.3) is 11.3 Å². The molecule has 1 aromatic carbocycles. The van der Waals surface area contributed by atoms with Gasteiger partial charge in [-0.1, -0.05) is 30.3 Å². The van der Waals surface area contributed by atoms with E-state index >= 15 is 0 Å². The first-order valence-corrected chi connectivity index (χ1v) is 8.70. The monoisotopic (exact) mass is 345 g/mol. The Kier molecular flexibility index (Phi) is 6.74. The zero-order valence-corrected chi connectivity index (χ0v) is 15.1. The van der Waals surface area contributed by atoms with Crippen molar-refractivity contribution in [2.45, 2.75) is 13.5 Å². The first-order valence-electron chi connectivity index (χ1n) is 7.82. The van der Waals surface area contributed by atoms with Gasteiger partial charge in [0.15, 0.2) is 5.96 Å². The molecule has 1 amide bonds. The van der Waals surface area contributed by atoms with Crippen molar-refractivity contribution in [2.24, 2.45) is 4.99 Å². The van der Waals surface area contributed by atoms with Crippen LogP contribution in [0.3, 0.4) is 0 Å². The van der Waals surface area contributed by atoms with Crippen molar-refractivity contribution in [2.75, 3.05) is 27.2 Å². The molecule has 24 heavy (non-hydrogen) atoms. The van der Waals surface area contributed by atoms with Gasteiger partial charge in [0.1, 0.15) is 11.6 Å². The molecule has 0 aliphatic carbocycles. The highest BCUT2D eigenvalue weighted by Gasteiger charge is 2.07. The fourth-order valence-electron chi connectivity index (χ4n) is 1.92. The van der Waals surface area contributed by atoms with E-state index in [1.165, 1.54) is 4.90 Å². The molecule has 0 bridgehead atoms. The van der Waals surface area contributed by atoms with E-state index < -0.39 is 0 Å². The van der Waals surface area contributed by atoms with Gasteiger partial charge in [-0.15, -0.1) is 11.3 Å². The standard InChI is InChI=1S/C17H23N5OS/c1-4-18-17(20-11-16(23)22(2)3)19-10-15-21-14(12-24-15)13-8-6-5-7-9-13/h5-9,12H,4,10-11H2,1-3H3,(H2,18,19,20). The van der Waals surface area contributed by atoms with Gasteiger partial charge < -0.3 is 15.5 Å². The third kappa shape index (κ3) is 5.34. The van der Waals surface area contributed by atoms with Crippen LogP contribution in [0.4, 0.5) is 0 Å². The van der Waals surface area contributed by atoms with Gasteiger partial charge in [-0.2, -0.15) is 0 Å². The Hall–Kier alpha value is -2.41. The summed E-state index contributed by atoms with van der Waals surface area (Å²) in [7, 11) is 3.44. The molecule has 1 heterocycles. The summed E-state index contributed by atoms with van der Waals surface area (Å²) in [6.45, 7) is 3.41. The van der Waals surface area contributed by atoms with E-state index in [0.717, 1.165) is 22.8 Å². The first kappa shape index (κ1) is 17.9. The minimum atomic E-state index is -0.0344. The normalized spacial score (nSPS) is 11.2. The molecule has 128 valence electrons. The molecule has 2 N–H and O–H groups in total. The van der Waals surface area contributed by atoms with Crippen LogP contribution in [0.1, 0.15) is 11.9 Å². The van der Waals surface area contributed by atoms with E-state index in [9.17, 15) is 4.79 Å². The molecule has 7 heteroatoms. The van der Waals surface area contributed by atoms with Crippen molar-refractivity contribution >= 4 is 23.2 Å². The molecular weight excluding hydrogens is 322 g/mol. The molecule has 6 nitrogen and oxygen atoms in total. The van der Waals surface area contributed by atoms with Gasteiger partial charge in [0.2, 0.25) is 5.91 Å². The van der Waals surface area contributed by atoms with Gasteiger partial charge in [-0.3, -0.25) is 4.79 Å². The van der Waals surface area contributed by atoms with E-state index in [0.29, 0.717) is 12.5 Å². The van der Waals surface area contributed by atoms with Crippen LogP contribution >= 0.6 is 11.3 Å². The number of nitrogens with zero attached hydrogens (tertiary/aromatic N) is 3. The van der Waals surface area contributed by atoms with Gasteiger partial charge in [0.25, 0.3) is 0 Å². The van der Waals surface area contributed by atoms with Crippen LogP contribution in [0.5, 0.6) is 0 Å². The quantitative estimate of drug-likeness (QED) is 0.620. The molecule has 0 spiro atoms. The number of carbonyl (C=O) groups is 1. The number of likely N-dealkylation sites (N-methyl/N-ethyl adjacent to an activating group) is 1. The first-order chi connectivity index (χ1) is 11.6. The lowest BCUT2D eigenvalue weighted by molar-refractivity contribution is -0.127. The Balaban J connectivity index is 1.96. The highest BCUT2D eigenvalue weighted by atomic mass is 32.1. The topological polar surface area (TPSA) is 69.6 Å². The summed E-state index contributed by atoms with van der Waals surface area (Å²) in [4.78, 5) is 22.1. The van der Waals surface area contributed by atoms with Crippen LogP contribution in [-0.2, 0) is 11.3 Å².